The minimum absolute atomic E-state index is 0.212. The van der Waals surface area contributed by atoms with E-state index in [9.17, 15) is 5.11 Å². The molecule has 22 heavy (non-hydrogen) atoms. The summed E-state index contributed by atoms with van der Waals surface area (Å²) in [6.07, 6.45) is 2.21. The largest absolute Gasteiger partial charge is 0.507 e. The number of aromatic nitrogens is 1. The van der Waals surface area contributed by atoms with Crippen molar-refractivity contribution in [3.63, 3.8) is 0 Å². The molecule has 0 spiro atoms. The molecule has 3 rings (SSSR count). The molecule has 6 N–H and O–H groups in total. The van der Waals surface area contributed by atoms with Crippen molar-refractivity contribution in [3.8, 4) is 17.0 Å². The van der Waals surface area contributed by atoms with Crippen molar-refractivity contribution in [2.45, 2.75) is 25.7 Å². The van der Waals surface area contributed by atoms with Gasteiger partial charge < -0.3 is 21.9 Å². The van der Waals surface area contributed by atoms with Crippen LogP contribution in [-0.4, -0.2) is 23.2 Å². The summed E-state index contributed by atoms with van der Waals surface area (Å²) in [5, 5.41) is 13.6. The summed E-state index contributed by atoms with van der Waals surface area (Å²) >= 11 is 0. The lowest BCUT2D eigenvalue weighted by Gasteiger charge is -2.25. The van der Waals surface area contributed by atoms with Gasteiger partial charge in [0.2, 0.25) is 0 Å². The third-order valence-electron chi connectivity index (χ3n) is 4.36. The average molecular weight is 298 g/mol. The number of nitrogens with zero attached hydrogens (tertiary/aromatic N) is 1. The fourth-order valence-electron chi connectivity index (χ4n) is 3.16. The van der Waals surface area contributed by atoms with E-state index in [0.717, 1.165) is 42.6 Å². The van der Waals surface area contributed by atoms with Crippen LogP contribution in [-0.2, 0) is 0 Å². The van der Waals surface area contributed by atoms with Crippen molar-refractivity contribution in [2.75, 3.05) is 24.6 Å². The number of aromatic hydroxyl groups is 1. The minimum atomic E-state index is 0.212. The summed E-state index contributed by atoms with van der Waals surface area (Å²) in [5.41, 5.74) is 16.1. The van der Waals surface area contributed by atoms with E-state index in [4.69, 9.17) is 11.5 Å². The number of nitrogen functional groups attached to an aromatic ring is 2. The fraction of sp³-hybridized carbons (Fsp3) is 0.353. The summed E-state index contributed by atoms with van der Waals surface area (Å²) in [7, 11) is 0. The van der Waals surface area contributed by atoms with E-state index in [-0.39, 0.29) is 5.75 Å². The number of benzene rings is 1. The molecule has 5 heteroatoms. The van der Waals surface area contributed by atoms with Crippen LogP contribution in [0.3, 0.4) is 0 Å². The highest BCUT2D eigenvalue weighted by Crippen LogP contribution is 2.37. The highest BCUT2D eigenvalue weighted by Gasteiger charge is 2.21. The van der Waals surface area contributed by atoms with Gasteiger partial charge in [-0.15, -0.1) is 0 Å². The molecule has 0 saturated carbocycles. The van der Waals surface area contributed by atoms with Crippen molar-refractivity contribution in [1.82, 2.24) is 10.3 Å². The Morgan fingerprint density at radius 2 is 2.14 bits per heavy atom. The zero-order valence-corrected chi connectivity index (χ0v) is 12.8. The zero-order chi connectivity index (χ0) is 15.7. The topological polar surface area (TPSA) is 97.2 Å². The van der Waals surface area contributed by atoms with Crippen LogP contribution in [0, 0.1) is 6.92 Å². The van der Waals surface area contributed by atoms with E-state index in [1.54, 1.807) is 6.07 Å². The molecule has 5 nitrogen and oxygen atoms in total. The predicted octanol–water partition coefficient (Wildman–Crippen LogP) is 2.39. The monoisotopic (exact) mass is 298 g/mol. The Morgan fingerprint density at radius 3 is 2.82 bits per heavy atom. The maximum Gasteiger partial charge on any atom is 0.147 e. The van der Waals surface area contributed by atoms with Crippen molar-refractivity contribution >= 4 is 11.5 Å². The molecule has 0 bridgehead atoms. The lowest BCUT2D eigenvalue weighted by Crippen LogP contribution is -2.29. The van der Waals surface area contributed by atoms with Gasteiger partial charge in [0.05, 0.1) is 11.4 Å². The molecule has 1 aliphatic rings. The van der Waals surface area contributed by atoms with Crippen LogP contribution in [0.25, 0.3) is 11.3 Å². The summed E-state index contributed by atoms with van der Waals surface area (Å²) in [6.45, 7) is 3.89. The van der Waals surface area contributed by atoms with Crippen molar-refractivity contribution in [2.24, 2.45) is 0 Å². The van der Waals surface area contributed by atoms with Crippen LogP contribution >= 0.6 is 0 Å². The lowest BCUT2D eigenvalue weighted by molar-refractivity contribution is 0.462. The van der Waals surface area contributed by atoms with Crippen LogP contribution in [0.4, 0.5) is 11.5 Å². The highest BCUT2D eigenvalue weighted by atomic mass is 16.3. The van der Waals surface area contributed by atoms with Crippen LogP contribution in [0.15, 0.2) is 24.3 Å². The van der Waals surface area contributed by atoms with E-state index in [2.05, 4.69) is 10.3 Å². The number of piperidine rings is 1. The molecule has 1 aliphatic heterocycles. The first-order valence-electron chi connectivity index (χ1n) is 7.63. The number of pyridine rings is 1. The van der Waals surface area contributed by atoms with E-state index < -0.39 is 0 Å². The first-order valence-corrected chi connectivity index (χ1v) is 7.63. The number of nitrogens with one attached hydrogen (secondary N) is 1. The molecule has 0 aliphatic carbocycles. The Morgan fingerprint density at radius 1 is 1.32 bits per heavy atom. The van der Waals surface area contributed by atoms with Crippen molar-refractivity contribution < 1.29 is 5.11 Å². The van der Waals surface area contributed by atoms with E-state index in [1.807, 2.05) is 25.1 Å². The van der Waals surface area contributed by atoms with Gasteiger partial charge in [-0.3, -0.25) is 0 Å². The number of phenols is 1. The van der Waals surface area contributed by atoms with Gasteiger partial charge in [0.15, 0.2) is 0 Å². The number of nitrogens with two attached hydrogens (primary N) is 2. The maximum atomic E-state index is 10.2. The SMILES string of the molecule is Cc1cccc(O)c1-c1cc(C2CCCNC2)c(N)c(N)n1. The van der Waals surface area contributed by atoms with Gasteiger partial charge in [-0.05, 0) is 55.5 Å². The molecule has 1 fully saturated rings. The Kier molecular flexibility index (Phi) is 3.90. The molecule has 2 heterocycles. The third-order valence-corrected chi connectivity index (χ3v) is 4.36. The molecule has 1 saturated heterocycles. The molecular weight excluding hydrogens is 276 g/mol. The second kappa shape index (κ2) is 5.85. The van der Waals surface area contributed by atoms with Gasteiger partial charge in [0.25, 0.3) is 0 Å². The lowest BCUT2D eigenvalue weighted by atomic mass is 9.89. The van der Waals surface area contributed by atoms with Crippen LogP contribution in [0.1, 0.15) is 29.9 Å². The number of hydrogen-bond donors (Lipinski definition) is 4. The molecule has 0 amide bonds. The number of hydrogen-bond acceptors (Lipinski definition) is 5. The summed E-state index contributed by atoms with van der Waals surface area (Å²) in [5.74, 6) is 0.883. The van der Waals surface area contributed by atoms with Gasteiger partial charge in [-0.1, -0.05) is 12.1 Å². The molecule has 116 valence electrons. The average Bonchev–Trinajstić information content (AvgIpc) is 2.51. The Bertz CT molecular complexity index is 673. The first-order chi connectivity index (χ1) is 10.6. The van der Waals surface area contributed by atoms with Gasteiger partial charge in [0, 0.05) is 12.1 Å². The summed E-state index contributed by atoms with van der Waals surface area (Å²) in [6, 6.07) is 7.41. The number of phenolic OH excluding ortho intramolecular Hbond substituents is 1. The van der Waals surface area contributed by atoms with Crippen LogP contribution in [0.2, 0.25) is 0 Å². The Balaban J connectivity index is 2.12. The fourth-order valence-corrected chi connectivity index (χ4v) is 3.16. The normalized spacial score (nSPS) is 18.3. The van der Waals surface area contributed by atoms with Gasteiger partial charge in [-0.2, -0.15) is 0 Å². The highest BCUT2D eigenvalue weighted by molar-refractivity contribution is 5.76. The van der Waals surface area contributed by atoms with Crippen molar-refractivity contribution in [3.05, 3.63) is 35.4 Å². The molecule has 1 atom stereocenters. The van der Waals surface area contributed by atoms with Crippen molar-refractivity contribution in [1.29, 1.82) is 0 Å². The maximum absolute atomic E-state index is 10.2. The number of aryl methyl sites for hydroxylation is 1. The summed E-state index contributed by atoms with van der Waals surface area (Å²) in [4.78, 5) is 4.39. The second-order valence-corrected chi connectivity index (χ2v) is 5.91. The smallest absolute Gasteiger partial charge is 0.147 e. The number of rotatable bonds is 2. The van der Waals surface area contributed by atoms with Gasteiger partial charge in [0.1, 0.15) is 11.6 Å². The Hall–Kier alpha value is -2.27. The van der Waals surface area contributed by atoms with E-state index >= 15 is 0 Å². The zero-order valence-electron chi connectivity index (χ0n) is 12.8. The quantitative estimate of drug-likeness (QED) is 0.682. The first kappa shape index (κ1) is 14.7. The molecule has 2 aromatic rings. The molecule has 1 aromatic carbocycles. The van der Waals surface area contributed by atoms with Gasteiger partial charge >= 0.3 is 0 Å². The van der Waals surface area contributed by atoms with E-state index in [1.165, 1.54) is 0 Å². The molecule has 0 radical (unpaired) electrons. The van der Waals surface area contributed by atoms with Crippen LogP contribution in [0.5, 0.6) is 5.75 Å². The third kappa shape index (κ3) is 2.60. The Labute approximate surface area is 130 Å². The van der Waals surface area contributed by atoms with Gasteiger partial charge in [-0.25, -0.2) is 4.98 Å². The second-order valence-electron chi connectivity index (χ2n) is 5.91. The molecule has 1 aromatic heterocycles. The predicted molar refractivity (Wildman–Crippen MR) is 89.7 cm³/mol. The molecular formula is C17H22N4O. The molecule has 1 unspecified atom stereocenters. The minimum Gasteiger partial charge on any atom is -0.507 e. The standard InChI is InChI=1S/C17H22N4O/c1-10-4-2-6-14(22)15(10)13-8-12(16(18)17(19)21-13)11-5-3-7-20-9-11/h2,4,6,8,11,20,22H,3,5,7,9,18H2,1H3,(H2,19,21). The summed E-state index contributed by atoms with van der Waals surface area (Å²) < 4.78 is 0. The van der Waals surface area contributed by atoms with Crippen LogP contribution < -0.4 is 16.8 Å². The number of anilines is 2. The van der Waals surface area contributed by atoms with E-state index in [0.29, 0.717) is 23.1 Å².